The summed E-state index contributed by atoms with van der Waals surface area (Å²) in [5.41, 5.74) is 2.75. The molecule has 3 rings (SSSR count). The molecule has 0 bridgehead atoms. The number of aromatic nitrogens is 2. The second kappa shape index (κ2) is 7.98. The number of carboxylic acid groups (broad SMARTS) is 1. The van der Waals surface area contributed by atoms with E-state index < -0.39 is 5.97 Å². The highest BCUT2D eigenvalue weighted by atomic mass is 35.5. The summed E-state index contributed by atoms with van der Waals surface area (Å²) >= 11 is 12.3. The number of carboxylic acids is 1. The van der Waals surface area contributed by atoms with Crippen LogP contribution in [0.1, 0.15) is 24.2 Å². The van der Waals surface area contributed by atoms with Crippen molar-refractivity contribution in [3.05, 3.63) is 57.8 Å². The summed E-state index contributed by atoms with van der Waals surface area (Å²) in [5, 5.41) is 9.90. The SMILES string of the molecule is Cc1nc2ccc(OCCCC(=O)O)cc2n1Cc1ccc(Cl)cc1Cl. The van der Waals surface area contributed by atoms with E-state index in [0.29, 0.717) is 35.4 Å². The Hall–Kier alpha value is -2.24. The zero-order valence-corrected chi connectivity index (χ0v) is 15.7. The molecule has 0 aliphatic carbocycles. The molecule has 0 aliphatic rings. The van der Waals surface area contributed by atoms with Gasteiger partial charge in [-0.3, -0.25) is 4.79 Å². The second-order valence-corrected chi connectivity index (χ2v) is 6.82. The highest BCUT2D eigenvalue weighted by molar-refractivity contribution is 6.35. The van der Waals surface area contributed by atoms with E-state index in [9.17, 15) is 4.79 Å². The fraction of sp³-hybridized carbons (Fsp3) is 0.263. The van der Waals surface area contributed by atoms with Gasteiger partial charge in [-0.2, -0.15) is 0 Å². The summed E-state index contributed by atoms with van der Waals surface area (Å²) in [5.74, 6) is 0.734. The average Bonchev–Trinajstić information content (AvgIpc) is 2.89. The molecule has 2 aromatic carbocycles. The number of hydrogen-bond donors (Lipinski definition) is 1. The normalized spacial score (nSPS) is 11.0. The van der Waals surface area contributed by atoms with Crippen LogP contribution in [0.15, 0.2) is 36.4 Å². The van der Waals surface area contributed by atoms with Crippen LogP contribution in [0.5, 0.6) is 5.75 Å². The molecule has 26 heavy (non-hydrogen) atoms. The van der Waals surface area contributed by atoms with E-state index in [-0.39, 0.29) is 6.42 Å². The van der Waals surface area contributed by atoms with Crippen LogP contribution in [0.2, 0.25) is 10.0 Å². The Kier molecular flexibility index (Phi) is 5.69. The first-order chi connectivity index (χ1) is 12.4. The van der Waals surface area contributed by atoms with Crippen LogP contribution in [0.25, 0.3) is 11.0 Å². The molecule has 3 aromatic rings. The minimum Gasteiger partial charge on any atom is -0.494 e. The number of hydrogen-bond acceptors (Lipinski definition) is 3. The van der Waals surface area contributed by atoms with Gasteiger partial charge in [0.15, 0.2) is 0 Å². The minimum atomic E-state index is -0.822. The van der Waals surface area contributed by atoms with Crippen LogP contribution in [0, 0.1) is 6.92 Å². The molecule has 136 valence electrons. The fourth-order valence-electron chi connectivity index (χ4n) is 2.75. The average molecular weight is 393 g/mol. The zero-order valence-electron chi connectivity index (χ0n) is 14.2. The number of rotatable bonds is 7. The number of carbonyl (C=O) groups is 1. The third-order valence-corrected chi connectivity index (χ3v) is 4.64. The molecule has 1 aromatic heterocycles. The lowest BCUT2D eigenvalue weighted by atomic mass is 10.2. The molecule has 0 saturated heterocycles. The number of aryl methyl sites for hydroxylation is 1. The van der Waals surface area contributed by atoms with Gasteiger partial charge in [0.05, 0.1) is 24.2 Å². The van der Waals surface area contributed by atoms with Crippen molar-refractivity contribution in [2.75, 3.05) is 6.61 Å². The Morgan fingerprint density at radius 3 is 2.77 bits per heavy atom. The van der Waals surface area contributed by atoms with E-state index >= 15 is 0 Å². The van der Waals surface area contributed by atoms with Crippen molar-refractivity contribution in [1.29, 1.82) is 0 Å². The Bertz CT molecular complexity index is 953. The summed E-state index contributed by atoms with van der Waals surface area (Å²) < 4.78 is 7.73. The van der Waals surface area contributed by atoms with Crippen LogP contribution in [0.3, 0.4) is 0 Å². The largest absolute Gasteiger partial charge is 0.494 e. The van der Waals surface area contributed by atoms with E-state index in [0.717, 1.165) is 22.4 Å². The maximum absolute atomic E-state index is 10.6. The zero-order chi connectivity index (χ0) is 18.7. The molecule has 1 N–H and O–H groups in total. The molecule has 5 nitrogen and oxygen atoms in total. The number of fused-ring (bicyclic) bond motifs is 1. The van der Waals surface area contributed by atoms with E-state index in [1.54, 1.807) is 6.07 Å². The number of nitrogens with zero attached hydrogens (tertiary/aromatic N) is 2. The predicted octanol–water partition coefficient (Wildman–Crippen LogP) is 4.94. The lowest BCUT2D eigenvalue weighted by Gasteiger charge is -2.10. The summed E-state index contributed by atoms with van der Waals surface area (Å²) in [6.07, 6.45) is 0.556. The Balaban J connectivity index is 1.84. The van der Waals surface area contributed by atoms with Crippen LogP contribution >= 0.6 is 23.2 Å². The van der Waals surface area contributed by atoms with Gasteiger partial charge in [0.1, 0.15) is 11.6 Å². The molecule has 0 amide bonds. The van der Waals surface area contributed by atoms with Gasteiger partial charge in [0.25, 0.3) is 0 Å². The standard InChI is InChI=1S/C19H18Cl2N2O3/c1-12-22-17-7-6-15(26-8-2-3-19(24)25)10-18(17)23(12)11-13-4-5-14(20)9-16(13)21/h4-7,9-10H,2-3,8,11H2,1H3,(H,24,25). The predicted molar refractivity (Wildman–Crippen MR) is 102 cm³/mol. The Morgan fingerprint density at radius 2 is 2.04 bits per heavy atom. The Morgan fingerprint density at radius 1 is 1.23 bits per heavy atom. The smallest absolute Gasteiger partial charge is 0.303 e. The van der Waals surface area contributed by atoms with Crippen LogP contribution in [0.4, 0.5) is 0 Å². The first kappa shape index (κ1) is 18.5. The highest BCUT2D eigenvalue weighted by Crippen LogP contribution is 2.26. The summed E-state index contributed by atoms with van der Waals surface area (Å²) in [4.78, 5) is 15.1. The fourth-order valence-corrected chi connectivity index (χ4v) is 3.21. The molecule has 1 heterocycles. The molecule has 0 spiro atoms. The first-order valence-electron chi connectivity index (χ1n) is 8.19. The monoisotopic (exact) mass is 392 g/mol. The van der Waals surface area contributed by atoms with Gasteiger partial charge >= 0.3 is 5.97 Å². The van der Waals surface area contributed by atoms with Crippen LogP contribution in [-0.2, 0) is 11.3 Å². The molecule has 0 aliphatic heterocycles. The van der Waals surface area contributed by atoms with Gasteiger partial charge in [-0.15, -0.1) is 0 Å². The summed E-state index contributed by atoms with van der Waals surface area (Å²) in [6.45, 7) is 2.87. The van der Waals surface area contributed by atoms with Gasteiger partial charge in [0.2, 0.25) is 0 Å². The van der Waals surface area contributed by atoms with Crippen molar-refractivity contribution in [1.82, 2.24) is 9.55 Å². The van der Waals surface area contributed by atoms with E-state index in [4.69, 9.17) is 33.0 Å². The van der Waals surface area contributed by atoms with Gasteiger partial charge in [0, 0.05) is 22.5 Å². The minimum absolute atomic E-state index is 0.0916. The molecule has 7 heteroatoms. The number of benzene rings is 2. The van der Waals surface area contributed by atoms with E-state index in [1.807, 2.05) is 37.3 Å². The Labute approximate surface area is 161 Å². The number of aliphatic carboxylic acids is 1. The van der Waals surface area contributed by atoms with Gasteiger partial charge < -0.3 is 14.4 Å². The van der Waals surface area contributed by atoms with E-state index in [1.165, 1.54) is 0 Å². The quantitative estimate of drug-likeness (QED) is 0.578. The molecule has 0 atom stereocenters. The molecule has 0 fully saturated rings. The van der Waals surface area contributed by atoms with Crippen LogP contribution < -0.4 is 4.74 Å². The maximum Gasteiger partial charge on any atom is 0.303 e. The molecule has 0 radical (unpaired) electrons. The van der Waals surface area contributed by atoms with Crippen molar-refractivity contribution < 1.29 is 14.6 Å². The molecule has 0 unspecified atom stereocenters. The van der Waals surface area contributed by atoms with Crippen molar-refractivity contribution >= 4 is 40.2 Å². The number of ether oxygens (including phenoxy) is 1. The summed E-state index contributed by atoms with van der Waals surface area (Å²) in [6, 6.07) is 11.1. The highest BCUT2D eigenvalue weighted by Gasteiger charge is 2.11. The third kappa shape index (κ3) is 4.29. The van der Waals surface area contributed by atoms with Crippen molar-refractivity contribution in [3.63, 3.8) is 0 Å². The molecule has 0 saturated carbocycles. The number of imidazole rings is 1. The van der Waals surface area contributed by atoms with Crippen LogP contribution in [-0.4, -0.2) is 27.2 Å². The topological polar surface area (TPSA) is 64.3 Å². The van der Waals surface area contributed by atoms with Gasteiger partial charge in [-0.05, 0) is 43.2 Å². The van der Waals surface area contributed by atoms with E-state index in [2.05, 4.69) is 9.55 Å². The van der Waals surface area contributed by atoms with Gasteiger partial charge in [-0.25, -0.2) is 4.98 Å². The molecular weight excluding hydrogens is 375 g/mol. The summed E-state index contributed by atoms with van der Waals surface area (Å²) in [7, 11) is 0. The van der Waals surface area contributed by atoms with Gasteiger partial charge in [-0.1, -0.05) is 29.3 Å². The lowest BCUT2D eigenvalue weighted by Crippen LogP contribution is -2.04. The number of halogens is 2. The third-order valence-electron chi connectivity index (χ3n) is 4.06. The molecular formula is C19H18Cl2N2O3. The first-order valence-corrected chi connectivity index (χ1v) is 8.95. The lowest BCUT2D eigenvalue weighted by molar-refractivity contribution is -0.137. The van der Waals surface area contributed by atoms with Crippen molar-refractivity contribution in [2.24, 2.45) is 0 Å². The second-order valence-electron chi connectivity index (χ2n) is 5.98. The van der Waals surface area contributed by atoms with Crippen molar-refractivity contribution in [2.45, 2.75) is 26.3 Å². The van der Waals surface area contributed by atoms with Crippen molar-refractivity contribution in [3.8, 4) is 5.75 Å². The maximum atomic E-state index is 10.6.